The van der Waals surface area contributed by atoms with Gasteiger partial charge in [-0.05, 0) is 48.2 Å². The van der Waals surface area contributed by atoms with E-state index in [0.29, 0.717) is 17.5 Å². The molecule has 0 aromatic heterocycles. The van der Waals surface area contributed by atoms with Crippen LogP contribution in [0.4, 0.5) is 13.2 Å². The number of nitrogens with one attached hydrogen (secondary N) is 1. The van der Waals surface area contributed by atoms with Crippen molar-refractivity contribution < 1.29 is 22.7 Å². The van der Waals surface area contributed by atoms with Crippen LogP contribution in [0, 0.1) is 11.3 Å². The number of nitrogens with zero attached hydrogens (tertiary/aromatic N) is 1. The fourth-order valence-electron chi connectivity index (χ4n) is 2.64. The normalized spacial score (nSPS) is 12.2. The third kappa shape index (κ3) is 5.52. The molecular formula is C19H17F3N2O2. The van der Waals surface area contributed by atoms with Crippen LogP contribution in [0.1, 0.15) is 25.0 Å². The van der Waals surface area contributed by atoms with E-state index >= 15 is 0 Å². The smallest absolute Gasteiger partial charge is 0.406 e. The minimum Gasteiger partial charge on any atom is -0.406 e. The Balaban J connectivity index is 2.20. The molecule has 1 N–H and O–H groups in total. The Kier molecular flexibility index (Phi) is 5.88. The minimum absolute atomic E-state index is 0.0215. The predicted octanol–water partition coefficient (Wildman–Crippen LogP) is 4.19. The summed E-state index contributed by atoms with van der Waals surface area (Å²) in [5.41, 5.74) is 2.30. The number of hydrogen-bond donors (Lipinski definition) is 1. The number of rotatable bonds is 5. The number of ether oxygens (including phenoxy) is 1. The second kappa shape index (κ2) is 7.91. The molecule has 7 heteroatoms. The molecule has 0 radical (unpaired) electrons. The molecule has 2 aromatic rings. The quantitative estimate of drug-likeness (QED) is 0.867. The lowest BCUT2D eigenvalue weighted by Crippen LogP contribution is -2.31. The van der Waals surface area contributed by atoms with Crippen LogP contribution >= 0.6 is 0 Å². The molecule has 2 aromatic carbocycles. The number of halogens is 3. The van der Waals surface area contributed by atoms with Gasteiger partial charge in [0.15, 0.2) is 0 Å². The molecule has 2 rings (SSSR count). The molecule has 0 bridgehead atoms. The molecule has 1 atom stereocenters. The highest BCUT2D eigenvalue weighted by Gasteiger charge is 2.31. The van der Waals surface area contributed by atoms with Crippen molar-refractivity contribution >= 4 is 5.91 Å². The number of carbonyl (C=O) groups is 1. The number of amides is 1. The maximum absolute atomic E-state index is 12.3. The molecule has 0 saturated carbocycles. The average molecular weight is 362 g/mol. The van der Waals surface area contributed by atoms with Crippen molar-refractivity contribution in [1.29, 1.82) is 5.26 Å². The van der Waals surface area contributed by atoms with E-state index in [0.717, 1.165) is 11.6 Å². The Bertz CT molecular complexity index is 824. The first-order valence-electron chi connectivity index (χ1n) is 7.84. The van der Waals surface area contributed by atoms with E-state index in [9.17, 15) is 23.2 Å². The van der Waals surface area contributed by atoms with Gasteiger partial charge in [0, 0.05) is 13.0 Å². The predicted molar refractivity (Wildman–Crippen MR) is 90.3 cm³/mol. The van der Waals surface area contributed by atoms with Gasteiger partial charge in [0.05, 0.1) is 11.6 Å². The third-order valence-corrected chi connectivity index (χ3v) is 3.60. The first kappa shape index (κ1) is 19.3. The first-order chi connectivity index (χ1) is 12.2. The molecule has 0 spiro atoms. The molecule has 136 valence electrons. The summed E-state index contributed by atoms with van der Waals surface area (Å²) < 4.78 is 40.7. The Morgan fingerprint density at radius 1 is 1.23 bits per heavy atom. The number of hydrogen-bond acceptors (Lipinski definition) is 3. The van der Waals surface area contributed by atoms with E-state index in [1.54, 1.807) is 12.1 Å². The van der Waals surface area contributed by atoms with Gasteiger partial charge >= 0.3 is 6.36 Å². The van der Waals surface area contributed by atoms with Crippen LogP contribution in [0.3, 0.4) is 0 Å². The van der Waals surface area contributed by atoms with Crippen LogP contribution in [-0.2, 0) is 11.2 Å². The Hall–Kier alpha value is -3.01. The SMILES string of the molecule is CC(=O)NC(C)Cc1ccc(-c2ccc(OC(F)(F)F)cc2C#N)cc1. The second-order valence-corrected chi connectivity index (χ2v) is 5.87. The molecule has 0 saturated heterocycles. The van der Waals surface area contributed by atoms with E-state index < -0.39 is 12.1 Å². The van der Waals surface area contributed by atoms with Gasteiger partial charge in [0.1, 0.15) is 5.75 Å². The summed E-state index contributed by atoms with van der Waals surface area (Å²) in [7, 11) is 0. The fourth-order valence-corrected chi connectivity index (χ4v) is 2.64. The Morgan fingerprint density at radius 3 is 2.42 bits per heavy atom. The minimum atomic E-state index is -4.81. The van der Waals surface area contributed by atoms with Gasteiger partial charge < -0.3 is 10.1 Å². The molecule has 0 fully saturated rings. The summed E-state index contributed by atoms with van der Waals surface area (Å²) in [4.78, 5) is 11.0. The topological polar surface area (TPSA) is 62.1 Å². The summed E-state index contributed by atoms with van der Waals surface area (Å²) in [6, 6.07) is 12.8. The average Bonchev–Trinajstić information content (AvgIpc) is 2.53. The van der Waals surface area contributed by atoms with Crippen molar-refractivity contribution in [2.75, 3.05) is 0 Å². The molecule has 1 unspecified atom stereocenters. The van der Waals surface area contributed by atoms with Crippen LogP contribution in [0.15, 0.2) is 42.5 Å². The van der Waals surface area contributed by atoms with E-state index in [-0.39, 0.29) is 17.5 Å². The number of carbonyl (C=O) groups excluding carboxylic acids is 1. The fraction of sp³-hybridized carbons (Fsp3) is 0.263. The van der Waals surface area contributed by atoms with Crippen molar-refractivity contribution in [3.8, 4) is 22.9 Å². The number of nitriles is 1. The van der Waals surface area contributed by atoms with Crippen LogP contribution < -0.4 is 10.1 Å². The molecule has 0 aliphatic rings. The largest absolute Gasteiger partial charge is 0.573 e. The maximum Gasteiger partial charge on any atom is 0.573 e. The summed E-state index contributed by atoms with van der Waals surface area (Å²) in [5.74, 6) is -0.535. The molecule has 0 aliphatic heterocycles. The lowest BCUT2D eigenvalue weighted by molar-refractivity contribution is -0.274. The van der Waals surface area contributed by atoms with Crippen molar-refractivity contribution in [3.63, 3.8) is 0 Å². The van der Waals surface area contributed by atoms with E-state index in [2.05, 4.69) is 10.1 Å². The lowest BCUT2D eigenvalue weighted by atomic mass is 9.97. The zero-order valence-electron chi connectivity index (χ0n) is 14.2. The first-order valence-corrected chi connectivity index (χ1v) is 7.84. The van der Waals surface area contributed by atoms with Crippen molar-refractivity contribution in [2.45, 2.75) is 32.7 Å². The van der Waals surface area contributed by atoms with E-state index in [1.807, 2.05) is 25.1 Å². The molecule has 0 heterocycles. The van der Waals surface area contributed by atoms with Crippen molar-refractivity contribution in [3.05, 3.63) is 53.6 Å². The zero-order valence-corrected chi connectivity index (χ0v) is 14.2. The lowest BCUT2D eigenvalue weighted by Gasteiger charge is -2.13. The van der Waals surface area contributed by atoms with Crippen LogP contribution in [0.2, 0.25) is 0 Å². The second-order valence-electron chi connectivity index (χ2n) is 5.87. The highest BCUT2D eigenvalue weighted by molar-refractivity contribution is 5.73. The zero-order chi connectivity index (χ0) is 19.3. The van der Waals surface area contributed by atoms with Gasteiger partial charge in [-0.3, -0.25) is 4.79 Å². The highest BCUT2D eigenvalue weighted by Crippen LogP contribution is 2.30. The highest BCUT2D eigenvalue weighted by atomic mass is 19.4. The molecule has 1 amide bonds. The molecule has 0 aliphatic carbocycles. The van der Waals surface area contributed by atoms with Gasteiger partial charge in [-0.25, -0.2) is 0 Å². The van der Waals surface area contributed by atoms with Gasteiger partial charge in [-0.2, -0.15) is 5.26 Å². The number of benzene rings is 2. The van der Waals surface area contributed by atoms with Gasteiger partial charge in [-0.1, -0.05) is 24.3 Å². The van der Waals surface area contributed by atoms with E-state index in [1.165, 1.54) is 19.1 Å². The maximum atomic E-state index is 12.3. The third-order valence-electron chi connectivity index (χ3n) is 3.60. The van der Waals surface area contributed by atoms with Gasteiger partial charge in [0.2, 0.25) is 5.91 Å². The standard InChI is InChI=1S/C19H17F3N2O2/c1-12(24-13(2)25)9-14-3-5-15(6-4-14)18-8-7-17(10-16(18)11-23)26-19(20,21)22/h3-8,10,12H,9H2,1-2H3,(H,24,25). The van der Waals surface area contributed by atoms with Crippen LogP contribution in [0.5, 0.6) is 5.75 Å². The molecule has 26 heavy (non-hydrogen) atoms. The van der Waals surface area contributed by atoms with Crippen molar-refractivity contribution in [2.24, 2.45) is 0 Å². The number of alkyl halides is 3. The van der Waals surface area contributed by atoms with Gasteiger partial charge in [-0.15, -0.1) is 13.2 Å². The van der Waals surface area contributed by atoms with Crippen molar-refractivity contribution in [1.82, 2.24) is 5.32 Å². The summed E-state index contributed by atoms with van der Waals surface area (Å²) in [6.07, 6.45) is -4.16. The Labute approximate surface area is 149 Å². The summed E-state index contributed by atoms with van der Waals surface area (Å²) >= 11 is 0. The monoisotopic (exact) mass is 362 g/mol. The van der Waals surface area contributed by atoms with E-state index in [4.69, 9.17) is 0 Å². The van der Waals surface area contributed by atoms with Crippen LogP contribution in [-0.4, -0.2) is 18.3 Å². The summed E-state index contributed by atoms with van der Waals surface area (Å²) in [6.45, 7) is 3.34. The molecule has 4 nitrogen and oxygen atoms in total. The molecular weight excluding hydrogens is 345 g/mol. The van der Waals surface area contributed by atoms with Crippen LogP contribution in [0.25, 0.3) is 11.1 Å². The van der Waals surface area contributed by atoms with Gasteiger partial charge in [0.25, 0.3) is 0 Å². The Morgan fingerprint density at radius 2 is 1.88 bits per heavy atom. The summed E-state index contributed by atoms with van der Waals surface area (Å²) in [5, 5.41) is 12.0.